The van der Waals surface area contributed by atoms with Gasteiger partial charge in [0.2, 0.25) is 29.1 Å². The highest BCUT2D eigenvalue weighted by Crippen LogP contribution is 2.29. The molecule has 1 nitrogen and oxygen atoms in total. The van der Waals surface area contributed by atoms with Crippen molar-refractivity contribution in [3.8, 4) is 5.75 Å². The van der Waals surface area contributed by atoms with Crippen molar-refractivity contribution in [1.82, 2.24) is 0 Å². The molecule has 1 aromatic rings. The van der Waals surface area contributed by atoms with Crippen LogP contribution in [0.1, 0.15) is 12.8 Å². The zero-order chi connectivity index (χ0) is 13.0. The summed E-state index contributed by atoms with van der Waals surface area (Å²) in [4.78, 5) is 0. The van der Waals surface area contributed by atoms with Crippen molar-refractivity contribution >= 4 is 15.9 Å². The van der Waals surface area contributed by atoms with Crippen LogP contribution in [0.2, 0.25) is 0 Å². The summed E-state index contributed by atoms with van der Waals surface area (Å²) in [6, 6.07) is 0. The molecule has 17 heavy (non-hydrogen) atoms. The van der Waals surface area contributed by atoms with Gasteiger partial charge in [0.25, 0.3) is 0 Å². The zero-order valence-corrected chi connectivity index (χ0v) is 10.1. The zero-order valence-electron chi connectivity index (χ0n) is 8.50. The number of alkyl halides is 1. The van der Waals surface area contributed by atoms with Gasteiger partial charge in [0.05, 0.1) is 6.61 Å². The van der Waals surface area contributed by atoms with Crippen molar-refractivity contribution in [2.24, 2.45) is 0 Å². The lowest BCUT2D eigenvalue weighted by Gasteiger charge is -2.09. The summed E-state index contributed by atoms with van der Waals surface area (Å²) in [6.07, 6.45) is 1.10. The van der Waals surface area contributed by atoms with Gasteiger partial charge in [0.15, 0.2) is 5.75 Å². The van der Waals surface area contributed by atoms with Crippen LogP contribution in [0.25, 0.3) is 0 Å². The Morgan fingerprint density at radius 2 is 1.24 bits per heavy atom. The molecule has 7 heteroatoms. The minimum atomic E-state index is -2.19. The predicted octanol–water partition coefficient (Wildman–Crippen LogP) is 3.94. The van der Waals surface area contributed by atoms with Gasteiger partial charge in [-0.25, -0.2) is 13.2 Å². The summed E-state index contributed by atoms with van der Waals surface area (Å²) in [5.74, 6) is -11.3. The molecule has 0 aliphatic heterocycles. The first-order valence-electron chi connectivity index (χ1n) is 4.70. The van der Waals surface area contributed by atoms with Crippen molar-refractivity contribution < 1.29 is 26.7 Å². The maximum atomic E-state index is 13.1. The third-order valence-electron chi connectivity index (χ3n) is 1.94. The fraction of sp³-hybridized carbons (Fsp3) is 0.400. The molecule has 0 spiro atoms. The fourth-order valence-corrected chi connectivity index (χ4v) is 1.48. The summed E-state index contributed by atoms with van der Waals surface area (Å²) in [5, 5.41) is 0.660. The molecule has 0 aliphatic carbocycles. The van der Waals surface area contributed by atoms with Crippen molar-refractivity contribution in [1.29, 1.82) is 0 Å². The number of hydrogen-bond acceptors (Lipinski definition) is 1. The van der Waals surface area contributed by atoms with Crippen LogP contribution in [0, 0.1) is 29.1 Å². The third kappa shape index (κ3) is 3.08. The summed E-state index contributed by atoms with van der Waals surface area (Å²) in [5.41, 5.74) is 0. The van der Waals surface area contributed by atoms with Crippen LogP contribution in [0.3, 0.4) is 0 Å². The van der Waals surface area contributed by atoms with E-state index in [1.165, 1.54) is 0 Å². The van der Waals surface area contributed by atoms with Gasteiger partial charge < -0.3 is 4.74 Å². The monoisotopic (exact) mass is 318 g/mol. The van der Waals surface area contributed by atoms with E-state index in [0.29, 0.717) is 18.2 Å². The van der Waals surface area contributed by atoms with Crippen LogP contribution in [0.5, 0.6) is 5.75 Å². The number of halogens is 6. The number of benzene rings is 1. The van der Waals surface area contributed by atoms with Crippen molar-refractivity contribution in [3.63, 3.8) is 0 Å². The normalized spacial score (nSPS) is 10.7. The number of rotatable bonds is 5. The van der Waals surface area contributed by atoms with Gasteiger partial charge in [-0.1, -0.05) is 15.9 Å². The molecular weight excluding hydrogens is 311 g/mol. The van der Waals surface area contributed by atoms with E-state index in [1.54, 1.807) is 0 Å². The number of unbranched alkanes of at least 4 members (excludes halogenated alkanes) is 1. The van der Waals surface area contributed by atoms with Gasteiger partial charge in [-0.15, -0.1) is 0 Å². The molecule has 1 aromatic carbocycles. The minimum Gasteiger partial charge on any atom is -0.487 e. The van der Waals surface area contributed by atoms with E-state index in [4.69, 9.17) is 0 Å². The molecule has 96 valence electrons. The first-order chi connectivity index (χ1) is 8.00. The molecule has 0 fully saturated rings. The van der Waals surface area contributed by atoms with Crippen LogP contribution >= 0.6 is 15.9 Å². The van der Waals surface area contributed by atoms with Gasteiger partial charge in [-0.2, -0.15) is 8.78 Å². The van der Waals surface area contributed by atoms with Gasteiger partial charge >= 0.3 is 0 Å². The lowest BCUT2D eigenvalue weighted by molar-refractivity contribution is 0.258. The Bertz CT molecular complexity index is 381. The summed E-state index contributed by atoms with van der Waals surface area (Å²) < 4.78 is 68.8. The van der Waals surface area contributed by atoms with E-state index in [0.717, 1.165) is 0 Å². The lowest BCUT2D eigenvalue weighted by Crippen LogP contribution is -2.08. The molecule has 0 heterocycles. The van der Waals surface area contributed by atoms with Crippen LogP contribution < -0.4 is 4.74 Å². The minimum absolute atomic E-state index is 0.121. The van der Waals surface area contributed by atoms with Crippen LogP contribution in [0.15, 0.2) is 0 Å². The van der Waals surface area contributed by atoms with Crippen LogP contribution in [0.4, 0.5) is 22.0 Å². The third-order valence-corrected chi connectivity index (χ3v) is 2.50. The van der Waals surface area contributed by atoms with E-state index >= 15 is 0 Å². The van der Waals surface area contributed by atoms with E-state index in [2.05, 4.69) is 20.7 Å². The topological polar surface area (TPSA) is 9.23 Å². The van der Waals surface area contributed by atoms with Crippen LogP contribution in [-0.4, -0.2) is 11.9 Å². The van der Waals surface area contributed by atoms with E-state index in [1.807, 2.05) is 0 Å². The number of hydrogen-bond donors (Lipinski definition) is 0. The molecule has 0 aliphatic rings. The maximum Gasteiger partial charge on any atom is 0.206 e. The quantitative estimate of drug-likeness (QED) is 0.263. The molecule has 0 radical (unpaired) electrons. The first-order valence-corrected chi connectivity index (χ1v) is 5.83. The summed E-state index contributed by atoms with van der Waals surface area (Å²) in [6.45, 7) is -0.121. The Kier molecular flexibility index (Phi) is 5.17. The highest BCUT2D eigenvalue weighted by atomic mass is 79.9. The first kappa shape index (κ1) is 14.2. The molecule has 0 aromatic heterocycles. The largest absolute Gasteiger partial charge is 0.487 e. The Morgan fingerprint density at radius 1 is 0.765 bits per heavy atom. The van der Waals surface area contributed by atoms with Gasteiger partial charge in [-0.05, 0) is 12.8 Å². The van der Waals surface area contributed by atoms with E-state index in [9.17, 15) is 22.0 Å². The second kappa shape index (κ2) is 6.18. The van der Waals surface area contributed by atoms with E-state index < -0.39 is 34.8 Å². The smallest absolute Gasteiger partial charge is 0.206 e. The average molecular weight is 319 g/mol. The lowest BCUT2D eigenvalue weighted by atomic mass is 10.2. The van der Waals surface area contributed by atoms with Gasteiger partial charge in [0, 0.05) is 5.33 Å². The molecule has 0 N–H and O–H groups in total. The molecule has 0 amide bonds. The Labute approximate surface area is 103 Å². The Balaban J connectivity index is 2.92. The molecule has 0 bridgehead atoms. The van der Waals surface area contributed by atoms with Crippen molar-refractivity contribution in [3.05, 3.63) is 29.1 Å². The molecule has 0 unspecified atom stereocenters. The van der Waals surface area contributed by atoms with Crippen molar-refractivity contribution in [2.75, 3.05) is 11.9 Å². The molecule has 0 saturated carbocycles. The number of ether oxygens (including phenoxy) is 1. The fourth-order valence-electron chi connectivity index (χ4n) is 1.08. The van der Waals surface area contributed by atoms with Gasteiger partial charge in [0.1, 0.15) is 0 Å². The molecule has 0 saturated heterocycles. The summed E-state index contributed by atoms with van der Waals surface area (Å²) >= 11 is 3.12. The average Bonchev–Trinajstić information content (AvgIpc) is 2.33. The highest BCUT2D eigenvalue weighted by Gasteiger charge is 2.26. The Morgan fingerprint density at radius 3 is 1.71 bits per heavy atom. The highest BCUT2D eigenvalue weighted by molar-refractivity contribution is 9.09. The summed E-state index contributed by atoms with van der Waals surface area (Å²) in [7, 11) is 0. The standard InChI is InChI=1S/C10H8BrF5O/c11-3-1-2-4-17-10-8(15)6(13)5(12)7(14)9(10)16/h1-4H2. The van der Waals surface area contributed by atoms with Crippen molar-refractivity contribution in [2.45, 2.75) is 12.8 Å². The van der Waals surface area contributed by atoms with Crippen LogP contribution in [-0.2, 0) is 0 Å². The second-order valence-electron chi connectivity index (χ2n) is 3.14. The van der Waals surface area contributed by atoms with E-state index in [-0.39, 0.29) is 6.61 Å². The Hall–Kier alpha value is -0.850. The molecule has 1 rings (SSSR count). The van der Waals surface area contributed by atoms with Gasteiger partial charge in [-0.3, -0.25) is 0 Å². The second-order valence-corrected chi connectivity index (χ2v) is 3.94. The predicted molar refractivity (Wildman–Crippen MR) is 54.8 cm³/mol. The molecular formula is C10H8BrF5O. The SMILES string of the molecule is Fc1c(F)c(F)c(OCCCCBr)c(F)c1F. The molecule has 0 atom stereocenters. The maximum absolute atomic E-state index is 13.1.